The van der Waals surface area contributed by atoms with Crippen LogP contribution in [0.2, 0.25) is 0 Å². The molecule has 0 aliphatic rings. The van der Waals surface area contributed by atoms with Crippen molar-refractivity contribution in [2.45, 2.75) is 4.90 Å². The van der Waals surface area contributed by atoms with Crippen LogP contribution in [0.25, 0.3) is 0 Å². The summed E-state index contributed by atoms with van der Waals surface area (Å²) in [6.45, 7) is 0. The Bertz CT molecular complexity index is 472. The molecule has 16 heavy (non-hydrogen) atoms. The zero-order valence-corrected chi connectivity index (χ0v) is 8.70. The van der Waals surface area contributed by atoms with E-state index in [1.54, 1.807) is 0 Å². The van der Waals surface area contributed by atoms with Gasteiger partial charge in [-0.2, -0.15) is 3.89 Å². The molecule has 1 amide bonds. The van der Waals surface area contributed by atoms with Gasteiger partial charge in [0.15, 0.2) is 0 Å². The van der Waals surface area contributed by atoms with E-state index in [-0.39, 0.29) is 24.1 Å². The molecule has 2 aromatic rings. The third-order valence-electron chi connectivity index (χ3n) is 1.79. The lowest BCUT2D eigenvalue weighted by Gasteiger charge is -2.00. The van der Waals surface area contributed by atoms with E-state index in [0.717, 1.165) is 6.39 Å². The Morgan fingerprint density at radius 1 is 1.38 bits per heavy atom. The Kier molecular flexibility index (Phi) is 3.16. The van der Waals surface area contributed by atoms with Crippen molar-refractivity contribution in [3.63, 3.8) is 0 Å². The molecule has 0 atom stereocenters. The van der Waals surface area contributed by atoms with Gasteiger partial charge in [0.1, 0.15) is 0 Å². The molecule has 0 saturated carbocycles. The normalized spacial score (nSPS) is 10.1. The molecule has 1 aromatic heterocycles. The number of carbonyl (C=O) groups excluding carboxylic acids is 1. The molecule has 82 valence electrons. The molecule has 5 nitrogen and oxygen atoms in total. The number of anilines is 1. The number of rotatable bonds is 3. The monoisotopic (exact) mass is 239 g/mol. The first-order chi connectivity index (χ1) is 7.79. The molecular weight excluding hydrogens is 233 g/mol. The third-order valence-corrected chi connectivity index (χ3v) is 2.24. The SMILES string of the molecule is O=C(Nc1nnco1)c1ccc(SF)cc1. The van der Waals surface area contributed by atoms with Gasteiger partial charge in [-0.25, -0.2) is 0 Å². The maximum Gasteiger partial charge on any atom is 0.322 e. The van der Waals surface area contributed by atoms with Gasteiger partial charge in [0.25, 0.3) is 5.91 Å². The van der Waals surface area contributed by atoms with Gasteiger partial charge < -0.3 is 4.42 Å². The first-order valence-electron chi connectivity index (χ1n) is 4.26. The lowest BCUT2D eigenvalue weighted by atomic mass is 10.2. The predicted molar refractivity (Wildman–Crippen MR) is 55.7 cm³/mol. The number of hydrogen-bond acceptors (Lipinski definition) is 5. The number of aromatic nitrogens is 2. The Morgan fingerprint density at radius 3 is 2.69 bits per heavy atom. The highest BCUT2D eigenvalue weighted by molar-refractivity contribution is 7.94. The summed E-state index contributed by atoms with van der Waals surface area (Å²) < 4.78 is 16.9. The zero-order valence-electron chi connectivity index (χ0n) is 7.88. The van der Waals surface area contributed by atoms with E-state index >= 15 is 0 Å². The van der Waals surface area contributed by atoms with Crippen LogP contribution < -0.4 is 5.32 Å². The second-order valence-corrected chi connectivity index (χ2v) is 3.43. The average Bonchev–Trinajstić information content (AvgIpc) is 2.82. The molecule has 0 saturated heterocycles. The summed E-state index contributed by atoms with van der Waals surface area (Å²) in [6, 6.07) is 6.05. The number of nitrogens with one attached hydrogen (secondary N) is 1. The van der Waals surface area contributed by atoms with E-state index < -0.39 is 0 Å². The van der Waals surface area contributed by atoms with Crippen molar-refractivity contribution in [3.05, 3.63) is 36.2 Å². The Labute approximate surface area is 94.4 Å². The van der Waals surface area contributed by atoms with Crippen molar-refractivity contribution in [2.24, 2.45) is 0 Å². The number of amides is 1. The minimum atomic E-state index is -0.389. The van der Waals surface area contributed by atoms with Crippen LogP contribution in [0.4, 0.5) is 9.90 Å². The molecule has 7 heteroatoms. The molecule has 1 heterocycles. The van der Waals surface area contributed by atoms with E-state index in [9.17, 15) is 8.68 Å². The number of nitrogens with zero attached hydrogens (tertiary/aromatic N) is 2. The fraction of sp³-hybridized carbons (Fsp3) is 0. The molecule has 1 aromatic carbocycles. The first-order valence-corrected chi connectivity index (χ1v) is 4.97. The standard InChI is InChI=1S/C9H6FN3O2S/c10-16-7-3-1-6(2-4-7)8(14)12-9-13-11-5-15-9/h1-5H,(H,12,13,14). The molecule has 0 aliphatic carbocycles. The van der Waals surface area contributed by atoms with E-state index in [1.807, 2.05) is 0 Å². The molecule has 0 radical (unpaired) electrons. The van der Waals surface area contributed by atoms with E-state index in [2.05, 4.69) is 15.5 Å². The number of carbonyl (C=O) groups is 1. The molecule has 0 bridgehead atoms. The summed E-state index contributed by atoms with van der Waals surface area (Å²) in [5, 5.41) is 9.31. The van der Waals surface area contributed by atoms with Crippen LogP contribution in [0.15, 0.2) is 40.0 Å². The van der Waals surface area contributed by atoms with E-state index in [4.69, 9.17) is 4.42 Å². The Balaban J connectivity index is 2.09. The average molecular weight is 239 g/mol. The second kappa shape index (κ2) is 4.75. The van der Waals surface area contributed by atoms with Crippen molar-refractivity contribution >= 4 is 24.1 Å². The fourth-order valence-electron chi connectivity index (χ4n) is 1.05. The lowest BCUT2D eigenvalue weighted by Crippen LogP contribution is -2.11. The van der Waals surface area contributed by atoms with Crippen molar-refractivity contribution in [3.8, 4) is 0 Å². The van der Waals surface area contributed by atoms with Gasteiger partial charge in [-0.05, 0) is 24.3 Å². The maximum absolute atomic E-state index is 12.1. The van der Waals surface area contributed by atoms with Crippen molar-refractivity contribution in [1.29, 1.82) is 0 Å². The lowest BCUT2D eigenvalue weighted by molar-refractivity contribution is 0.102. The molecule has 0 spiro atoms. The smallest absolute Gasteiger partial charge is 0.322 e. The number of halogens is 1. The fourth-order valence-corrected chi connectivity index (χ4v) is 1.29. The zero-order chi connectivity index (χ0) is 11.4. The molecular formula is C9H6FN3O2S. The van der Waals surface area contributed by atoms with Crippen molar-refractivity contribution in [2.75, 3.05) is 5.32 Å². The number of benzene rings is 1. The van der Waals surface area contributed by atoms with Gasteiger partial charge in [-0.3, -0.25) is 10.1 Å². The van der Waals surface area contributed by atoms with Crippen LogP contribution >= 0.6 is 12.1 Å². The third kappa shape index (κ3) is 2.37. The van der Waals surface area contributed by atoms with Gasteiger partial charge in [0, 0.05) is 10.5 Å². The summed E-state index contributed by atoms with van der Waals surface area (Å²) in [4.78, 5) is 12.0. The van der Waals surface area contributed by atoms with E-state index in [1.165, 1.54) is 24.3 Å². The summed E-state index contributed by atoms with van der Waals surface area (Å²) >= 11 is 0.122. The highest BCUT2D eigenvalue weighted by atomic mass is 32.2. The van der Waals surface area contributed by atoms with Crippen LogP contribution in [0.3, 0.4) is 0 Å². The minimum absolute atomic E-state index is 0.0222. The van der Waals surface area contributed by atoms with Gasteiger partial charge in [0.05, 0.1) is 12.1 Å². The molecule has 1 N–H and O–H groups in total. The van der Waals surface area contributed by atoms with Crippen LogP contribution in [0.5, 0.6) is 0 Å². The summed E-state index contributed by atoms with van der Waals surface area (Å²) in [7, 11) is 0. The quantitative estimate of drug-likeness (QED) is 0.890. The summed E-state index contributed by atoms with van der Waals surface area (Å²) in [6.07, 6.45) is 1.11. The highest BCUT2D eigenvalue weighted by Gasteiger charge is 2.08. The number of hydrogen-bond donors (Lipinski definition) is 1. The second-order valence-electron chi connectivity index (χ2n) is 2.80. The first kappa shape index (κ1) is 10.6. The maximum atomic E-state index is 12.1. The molecule has 0 aliphatic heterocycles. The van der Waals surface area contributed by atoms with Crippen molar-refractivity contribution < 1.29 is 13.1 Å². The molecule has 0 fully saturated rings. The van der Waals surface area contributed by atoms with Crippen LogP contribution in [-0.4, -0.2) is 16.1 Å². The van der Waals surface area contributed by atoms with Gasteiger partial charge in [0.2, 0.25) is 6.39 Å². The van der Waals surface area contributed by atoms with Gasteiger partial charge in [-0.1, -0.05) is 5.10 Å². The van der Waals surface area contributed by atoms with Crippen molar-refractivity contribution in [1.82, 2.24) is 10.2 Å². The topological polar surface area (TPSA) is 68.0 Å². The minimum Gasteiger partial charge on any atom is -0.411 e. The molecule has 0 unspecified atom stereocenters. The summed E-state index contributed by atoms with van der Waals surface area (Å²) in [5.41, 5.74) is 0.385. The van der Waals surface area contributed by atoms with Crippen LogP contribution in [0.1, 0.15) is 10.4 Å². The largest absolute Gasteiger partial charge is 0.411 e. The van der Waals surface area contributed by atoms with Gasteiger partial charge in [-0.15, -0.1) is 5.10 Å². The van der Waals surface area contributed by atoms with Gasteiger partial charge >= 0.3 is 6.01 Å². The van der Waals surface area contributed by atoms with Crippen LogP contribution in [0, 0.1) is 0 Å². The molecule has 2 rings (SSSR count). The van der Waals surface area contributed by atoms with E-state index in [0.29, 0.717) is 10.5 Å². The summed E-state index contributed by atoms with van der Waals surface area (Å²) in [5.74, 6) is -0.389. The Morgan fingerprint density at radius 2 is 2.12 bits per heavy atom. The predicted octanol–water partition coefficient (Wildman–Crippen LogP) is 2.30. The van der Waals surface area contributed by atoms with Crippen LogP contribution in [-0.2, 0) is 0 Å². The Hall–Kier alpha value is -1.89. The highest BCUT2D eigenvalue weighted by Crippen LogP contribution is 2.19.